The second-order valence-electron chi connectivity index (χ2n) is 14.3. The maximum absolute atomic E-state index is 11.2. The van der Waals surface area contributed by atoms with Crippen molar-refractivity contribution in [1.29, 1.82) is 0 Å². The Balaban J connectivity index is 1.65. The van der Waals surface area contributed by atoms with Crippen molar-refractivity contribution in [2.75, 3.05) is 4.90 Å². The maximum Gasteiger partial charge on any atom is 0.118 e. The topological polar surface area (TPSA) is 23.5 Å². The number of hydrogen-bond acceptors (Lipinski definition) is 2. The number of benzene rings is 6. The molecular weight excluding hydrogens is 638 g/mol. The largest absolute Gasteiger partial charge is 0.508 e. The lowest BCUT2D eigenvalue weighted by Crippen LogP contribution is -2.13. The molecule has 2 nitrogen and oxygen atoms in total. The summed E-state index contributed by atoms with van der Waals surface area (Å²) in [5.41, 5.74) is 12.1. The van der Waals surface area contributed by atoms with Crippen molar-refractivity contribution in [2.24, 2.45) is 0 Å². The van der Waals surface area contributed by atoms with E-state index in [1.54, 1.807) is 0 Å². The minimum absolute atomic E-state index is 0.0525. The Morgan fingerprint density at radius 2 is 0.979 bits per heavy atom. The Morgan fingerprint density at radius 3 is 1.47 bits per heavy atom. The molecule has 0 heterocycles. The van der Waals surface area contributed by atoms with E-state index in [-0.39, 0.29) is 16.6 Å². The molecule has 6 aromatic carbocycles. The van der Waals surface area contributed by atoms with Gasteiger partial charge in [0.25, 0.3) is 0 Å². The first kappa shape index (κ1) is 32.3. The SMILES string of the molecule is CC(C)(C)c1ccc(-c2cccc(-c3ccc(C(C)(C)C)cc3)c2N(c2ccc(Br)cc2)c2cc(O)cc(-c3ccccc3)c2)cc1. The summed E-state index contributed by atoms with van der Waals surface area (Å²) in [7, 11) is 0. The van der Waals surface area contributed by atoms with Gasteiger partial charge < -0.3 is 10.0 Å². The molecule has 0 unspecified atom stereocenters. The van der Waals surface area contributed by atoms with Crippen LogP contribution in [0.5, 0.6) is 5.75 Å². The molecule has 0 aliphatic heterocycles. The number of nitrogens with zero attached hydrogens (tertiary/aromatic N) is 1. The molecule has 6 aromatic rings. The minimum atomic E-state index is 0.0525. The van der Waals surface area contributed by atoms with Crippen LogP contribution < -0.4 is 4.90 Å². The van der Waals surface area contributed by atoms with Gasteiger partial charge in [-0.3, -0.25) is 0 Å². The summed E-state index contributed by atoms with van der Waals surface area (Å²) < 4.78 is 1.01. The summed E-state index contributed by atoms with van der Waals surface area (Å²) in [6.45, 7) is 13.5. The number of hydrogen-bond donors (Lipinski definition) is 1. The molecule has 0 bridgehead atoms. The molecule has 0 aliphatic rings. The van der Waals surface area contributed by atoms with E-state index in [0.717, 1.165) is 54.9 Å². The Hall–Kier alpha value is -4.60. The van der Waals surface area contributed by atoms with Crippen molar-refractivity contribution in [3.8, 4) is 39.1 Å². The second-order valence-corrected chi connectivity index (χ2v) is 15.2. The van der Waals surface area contributed by atoms with Gasteiger partial charge in [-0.2, -0.15) is 0 Å². The van der Waals surface area contributed by atoms with E-state index < -0.39 is 0 Å². The molecule has 0 spiro atoms. The minimum Gasteiger partial charge on any atom is -0.508 e. The van der Waals surface area contributed by atoms with E-state index >= 15 is 0 Å². The lowest BCUT2D eigenvalue weighted by atomic mass is 9.85. The third-order valence-corrected chi connectivity index (χ3v) is 9.26. The summed E-state index contributed by atoms with van der Waals surface area (Å²) in [6.07, 6.45) is 0. The van der Waals surface area contributed by atoms with Gasteiger partial charge in [0.1, 0.15) is 5.75 Å². The van der Waals surface area contributed by atoms with Crippen molar-refractivity contribution < 1.29 is 5.11 Å². The van der Waals surface area contributed by atoms with Gasteiger partial charge in [0.2, 0.25) is 0 Å². The van der Waals surface area contributed by atoms with Crippen molar-refractivity contribution in [3.63, 3.8) is 0 Å². The average molecular weight is 681 g/mol. The Bertz CT molecular complexity index is 1900. The highest BCUT2D eigenvalue weighted by Gasteiger charge is 2.24. The molecule has 3 heteroatoms. The Labute approximate surface area is 288 Å². The Morgan fingerprint density at radius 1 is 0.468 bits per heavy atom. The highest BCUT2D eigenvalue weighted by Crippen LogP contribution is 2.48. The third-order valence-electron chi connectivity index (χ3n) is 8.74. The molecule has 47 heavy (non-hydrogen) atoms. The van der Waals surface area contributed by atoms with Gasteiger partial charge in [-0.05, 0) is 80.6 Å². The molecule has 236 valence electrons. The molecule has 6 rings (SSSR count). The Kier molecular flexibility index (Phi) is 8.87. The number of para-hydroxylation sites is 1. The van der Waals surface area contributed by atoms with E-state index in [0.29, 0.717) is 0 Å². The summed E-state index contributed by atoms with van der Waals surface area (Å²) in [4.78, 5) is 2.29. The molecule has 0 aliphatic carbocycles. The molecule has 0 aromatic heterocycles. The maximum atomic E-state index is 11.2. The lowest BCUT2D eigenvalue weighted by Gasteiger charge is -2.31. The van der Waals surface area contributed by atoms with Gasteiger partial charge in [-0.25, -0.2) is 0 Å². The molecule has 0 saturated carbocycles. The molecule has 0 radical (unpaired) electrons. The van der Waals surface area contributed by atoms with Crippen LogP contribution in [-0.4, -0.2) is 5.11 Å². The second kappa shape index (κ2) is 12.9. The lowest BCUT2D eigenvalue weighted by molar-refractivity contribution is 0.476. The van der Waals surface area contributed by atoms with Crippen LogP contribution in [0, 0.1) is 0 Å². The smallest absolute Gasteiger partial charge is 0.118 e. The van der Waals surface area contributed by atoms with Crippen molar-refractivity contribution >= 4 is 33.0 Å². The molecule has 0 amide bonds. The van der Waals surface area contributed by atoms with Crippen LogP contribution in [0.4, 0.5) is 17.1 Å². The van der Waals surface area contributed by atoms with Crippen molar-refractivity contribution in [3.05, 3.63) is 155 Å². The van der Waals surface area contributed by atoms with Crippen LogP contribution in [0.1, 0.15) is 52.7 Å². The van der Waals surface area contributed by atoms with E-state index in [1.165, 1.54) is 11.1 Å². The van der Waals surface area contributed by atoms with Crippen LogP contribution in [-0.2, 0) is 10.8 Å². The van der Waals surface area contributed by atoms with Gasteiger partial charge in [0.15, 0.2) is 0 Å². The molecule has 0 fully saturated rings. The quantitative estimate of drug-likeness (QED) is 0.189. The summed E-state index contributed by atoms with van der Waals surface area (Å²) in [5, 5.41) is 11.2. The zero-order valence-corrected chi connectivity index (χ0v) is 29.6. The third kappa shape index (κ3) is 7.06. The fourth-order valence-corrected chi connectivity index (χ4v) is 6.33. The zero-order valence-electron chi connectivity index (χ0n) is 28.1. The highest BCUT2D eigenvalue weighted by atomic mass is 79.9. The van der Waals surface area contributed by atoms with Crippen LogP contribution in [0.25, 0.3) is 33.4 Å². The fourth-order valence-electron chi connectivity index (χ4n) is 6.07. The monoisotopic (exact) mass is 679 g/mol. The molecule has 1 N–H and O–H groups in total. The van der Waals surface area contributed by atoms with Crippen LogP contribution in [0.2, 0.25) is 0 Å². The standard InChI is InChI=1S/C44H42BrNO/c1-43(2,3)34-19-15-31(16-20-34)40-13-10-14-41(32-17-21-35(22-18-32)44(4,5)6)42(40)46(37-25-23-36(45)24-26-37)38-27-33(28-39(47)29-38)30-11-8-7-9-12-30/h7-29,47H,1-6H3. The summed E-state index contributed by atoms with van der Waals surface area (Å²) in [6, 6.07) is 49.0. The average Bonchev–Trinajstić information content (AvgIpc) is 3.05. The van der Waals surface area contributed by atoms with Crippen LogP contribution in [0.3, 0.4) is 0 Å². The zero-order chi connectivity index (χ0) is 33.3. The number of anilines is 3. The number of phenolic OH excluding ortho intramolecular Hbond substituents is 1. The number of halogens is 1. The van der Waals surface area contributed by atoms with Gasteiger partial charge >= 0.3 is 0 Å². The summed E-state index contributed by atoms with van der Waals surface area (Å²) >= 11 is 3.65. The van der Waals surface area contributed by atoms with Crippen molar-refractivity contribution in [1.82, 2.24) is 0 Å². The highest BCUT2D eigenvalue weighted by molar-refractivity contribution is 9.10. The van der Waals surface area contributed by atoms with E-state index in [1.807, 2.05) is 30.3 Å². The van der Waals surface area contributed by atoms with E-state index in [4.69, 9.17) is 0 Å². The molecule has 0 saturated heterocycles. The number of rotatable bonds is 6. The van der Waals surface area contributed by atoms with Gasteiger partial charge in [0, 0.05) is 27.4 Å². The number of phenols is 1. The first-order chi connectivity index (χ1) is 22.4. The van der Waals surface area contributed by atoms with Crippen LogP contribution >= 0.6 is 15.9 Å². The molecular formula is C44H42BrNO. The first-order valence-electron chi connectivity index (χ1n) is 16.2. The fraction of sp³-hybridized carbons (Fsp3) is 0.182. The van der Waals surface area contributed by atoms with Gasteiger partial charge in [0.05, 0.1) is 11.4 Å². The first-order valence-corrected chi connectivity index (χ1v) is 17.0. The van der Waals surface area contributed by atoms with Gasteiger partial charge in [-0.15, -0.1) is 0 Å². The van der Waals surface area contributed by atoms with Crippen LogP contribution in [0.15, 0.2) is 144 Å². The molecule has 0 atom stereocenters. The van der Waals surface area contributed by atoms with E-state index in [9.17, 15) is 5.11 Å². The van der Waals surface area contributed by atoms with Gasteiger partial charge in [-0.1, -0.05) is 155 Å². The normalized spacial score (nSPS) is 11.8. The predicted octanol–water partition coefficient (Wildman–Crippen LogP) is 13.2. The number of aromatic hydroxyl groups is 1. The van der Waals surface area contributed by atoms with Crippen molar-refractivity contribution in [2.45, 2.75) is 52.4 Å². The summed E-state index contributed by atoms with van der Waals surface area (Å²) in [5.74, 6) is 0.214. The predicted molar refractivity (Wildman–Crippen MR) is 204 cm³/mol. The van der Waals surface area contributed by atoms with E-state index in [2.05, 4.69) is 172 Å².